The third kappa shape index (κ3) is 0.987. The third-order valence-corrected chi connectivity index (χ3v) is 1.91. The molecule has 2 rings (SSSR count). The smallest absolute Gasteiger partial charge is 0.251 e. The second-order valence-electron chi connectivity index (χ2n) is 2.70. The van der Waals surface area contributed by atoms with Crippen LogP contribution < -0.4 is 5.73 Å². The molecule has 0 spiro atoms. The van der Waals surface area contributed by atoms with Gasteiger partial charge >= 0.3 is 0 Å². The van der Waals surface area contributed by atoms with Crippen LogP contribution in [0.25, 0.3) is 0 Å². The van der Waals surface area contributed by atoms with Crippen LogP contribution >= 0.6 is 0 Å². The van der Waals surface area contributed by atoms with Crippen molar-refractivity contribution in [3.8, 4) is 0 Å². The highest BCUT2D eigenvalue weighted by atomic mass is 16.5. The van der Waals surface area contributed by atoms with E-state index in [-0.39, 0.29) is 0 Å². The van der Waals surface area contributed by atoms with E-state index in [1.165, 1.54) is 0 Å². The number of primary amides is 1. The van der Waals surface area contributed by atoms with Crippen LogP contribution in [-0.4, -0.2) is 5.91 Å². The van der Waals surface area contributed by atoms with Crippen molar-refractivity contribution in [2.24, 2.45) is 5.73 Å². The highest BCUT2D eigenvalue weighted by molar-refractivity contribution is 5.81. The van der Waals surface area contributed by atoms with Crippen molar-refractivity contribution in [2.45, 2.75) is 12.7 Å². The average Bonchev–Trinajstić information content (AvgIpc) is 2.47. The molecule has 1 aromatic rings. The van der Waals surface area contributed by atoms with Gasteiger partial charge in [0.15, 0.2) is 6.10 Å². The van der Waals surface area contributed by atoms with Gasteiger partial charge in [-0.15, -0.1) is 0 Å². The lowest BCUT2D eigenvalue weighted by molar-refractivity contribution is -0.129. The molecule has 1 aromatic carbocycles. The first-order valence-corrected chi connectivity index (χ1v) is 3.69. The molecule has 12 heavy (non-hydrogen) atoms. The summed E-state index contributed by atoms with van der Waals surface area (Å²) < 4.78 is 5.18. The Hall–Kier alpha value is -1.35. The monoisotopic (exact) mass is 162 g/mol. The molecule has 1 aliphatic heterocycles. The van der Waals surface area contributed by atoms with E-state index in [1.54, 1.807) is 6.07 Å². The van der Waals surface area contributed by atoms with Gasteiger partial charge in [-0.05, 0) is 17.2 Å². The summed E-state index contributed by atoms with van der Waals surface area (Å²) in [7, 11) is 0. The van der Waals surface area contributed by atoms with E-state index in [0.29, 0.717) is 6.61 Å². The Balaban J connectivity index is 2.42. The second kappa shape index (κ2) is 2.60. The summed E-state index contributed by atoms with van der Waals surface area (Å²) >= 11 is 0. The maximum atomic E-state index is 10.8. The highest BCUT2D eigenvalue weighted by Gasteiger charge is 2.26. The molecule has 2 N–H and O–H groups in total. The van der Waals surface area contributed by atoms with Crippen molar-refractivity contribution in [1.82, 2.24) is 0 Å². The fourth-order valence-corrected chi connectivity index (χ4v) is 1.35. The van der Waals surface area contributed by atoms with Crippen molar-refractivity contribution in [3.63, 3.8) is 0 Å². The Morgan fingerprint density at radius 3 is 3.33 bits per heavy atom. The van der Waals surface area contributed by atoms with Gasteiger partial charge in [0.2, 0.25) is 0 Å². The van der Waals surface area contributed by atoms with Crippen molar-refractivity contribution >= 4 is 5.91 Å². The van der Waals surface area contributed by atoms with Gasteiger partial charge in [-0.2, -0.15) is 0 Å². The number of ether oxygens (including phenoxy) is 1. The minimum absolute atomic E-state index is 0.434. The molecular weight excluding hydrogens is 154 g/mol. The zero-order valence-corrected chi connectivity index (χ0v) is 6.41. The highest BCUT2D eigenvalue weighted by Crippen LogP contribution is 2.29. The van der Waals surface area contributed by atoms with Crippen LogP contribution in [0.2, 0.25) is 0 Å². The summed E-state index contributed by atoms with van der Waals surface area (Å²) in [6.45, 7) is 0.434. The van der Waals surface area contributed by atoms with Gasteiger partial charge in [0.1, 0.15) is 0 Å². The first-order valence-electron chi connectivity index (χ1n) is 3.69. The Morgan fingerprint density at radius 2 is 2.58 bits per heavy atom. The van der Waals surface area contributed by atoms with Crippen molar-refractivity contribution in [3.05, 3.63) is 35.4 Å². The number of amides is 1. The number of nitrogens with two attached hydrogens (primary N) is 1. The number of hydrogen-bond acceptors (Lipinski definition) is 2. The lowest BCUT2D eigenvalue weighted by Gasteiger charge is -2.04. The number of benzene rings is 1. The van der Waals surface area contributed by atoms with Gasteiger partial charge in [-0.3, -0.25) is 4.79 Å². The van der Waals surface area contributed by atoms with E-state index < -0.39 is 12.0 Å². The van der Waals surface area contributed by atoms with Gasteiger partial charge in [-0.1, -0.05) is 18.2 Å². The van der Waals surface area contributed by atoms with E-state index in [4.69, 9.17) is 10.5 Å². The summed E-state index contributed by atoms with van der Waals surface area (Å²) in [6, 6.07) is 8.46. The molecule has 1 unspecified atom stereocenters. The molecule has 3 nitrogen and oxygen atoms in total. The predicted octanol–water partition coefficient (Wildman–Crippen LogP) is 0.543. The zero-order chi connectivity index (χ0) is 8.55. The molecule has 0 fully saturated rings. The molecule has 0 saturated heterocycles. The van der Waals surface area contributed by atoms with Crippen LogP contribution in [0.4, 0.5) is 0 Å². The van der Waals surface area contributed by atoms with Crippen molar-refractivity contribution in [1.29, 1.82) is 0 Å². The molecule has 1 heterocycles. The van der Waals surface area contributed by atoms with Crippen LogP contribution in [0.15, 0.2) is 18.2 Å². The van der Waals surface area contributed by atoms with Crippen molar-refractivity contribution < 1.29 is 9.53 Å². The molecule has 0 saturated carbocycles. The van der Waals surface area contributed by atoms with Crippen LogP contribution in [0.1, 0.15) is 17.2 Å². The molecule has 61 valence electrons. The van der Waals surface area contributed by atoms with Crippen LogP contribution in [-0.2, 0) is 16.1 Å². The lowest BCUT2D eigenvalue weighted by atomic mass is 10.1. The minimum atomic E-state index is -0.572. The van der Waals surface area contributed by atoms with E-state index in [9.17, 15) is 4.79 Å². The largest absolute Gasteiger partial charge is 0.367 e. The Morgan fingerprint density at radius 1 is 1.75 bits per heavy atom. The molecule has 0 aromatic heterocycles. The SMILES string of the molecule is NC(=O)C1OCc2[c]cccc21. The van der Waals surface area contributed by atoms with Gasteiger partial charge in [-0.25, -0.2) is 0 Å². The molecular formula is C9H8NO2. The maximum Gasteiger partial charge on any atom is 0.251 e. The van der Waals surface area contributed by atoms with E-state index >= 15 is 0 Å². The number of rotatable bonds is 1. The van der Waals surface area contributed by atoms with E-state index in [2.05, 4.69) is 6.07 Å². The maximum absolute atomic E-state index is 10.8. The molecule has 1 atom stereocenters. The Bertz CT molecular complexity index is 322. The normalized spacial score (nSPS) is 20.5. The Labute approximate surface area is 70.1 Å². The number of carbonyl (C=O) groups excluding carboxylic acids is 1. The van der Waals surface area contributed by atoms with E-state index in [1.807, 2.05) is 12.1 Å². The fourth-order valence-electron chi connectivity index (χ4n) is 1.35. The molecule has 1 aliphatic rings. The fraction of sp³-hybridized carbons (Fsp3) is 0.222. The Kier molecular flexibility index (Phi) is 1.59. The summed E-state index contributed by atoms with van der Waals surface area (Å²) in [5.74, 6) is -0.437. The summed E-state index contributed by atoms with van der Waals surface area (Å²) in [5, 5.41) is 0. The quantitative estimate of drug-likeness (QED) is 0.655. The average molecular weight is 162 g/mol. The van der Waals surface area contributed by atoms with Gasteiger partial charge in [0, 0.05) is 0 Å². The van der Waals surface area contributed by atoms with Gasteiger partial charge < -0.3 is 10.5 Å². The summed E-state index contributed by atoms with van der Waals surface area (Å²) in [5.41, 5.74) is 6.92. The first kappa shape index (κ1) is 7.31. The van der Waals surface area contributed by atoms with Crippen LogP contribution in [0.3, 0.4) is 0 Å². The predicted molar refractivity (Wildman–Crippen MR) is 42.0 cm³/mol. The molecule has 0 aliphatic carbocycles. The lowest BCUT2D eigenvalue weighted by Crippen LogP contribution is -2.20. The number of carbonyl (C=O) groups is 1. The van der Waals surface area contributed by atoms with Crippen molar-refractivity contribution in [2.75, 3.05) is 0 Å². The number of hydrogen-bond donors (Lipinski definition) is 1. The summed E-state index contributed by atoms with van der Waals surface area (Å²) in [4.78, 5) is 10.8. The second-order valence-corrected chi connectivity index (χ2v) is 2.70. The molecule has 0 bridgehead atoms. The van der Waals surface area contributed by atoms with Crippen LogP contribution in [0.5, 0.6) is 0 Å². The summed E-state index contributed by atoms with van der Waals surface area (Å²) in [6.07, 6.45) is -0.572. The third-order valence-electron chi connectivity index (χ3n) is 1.91. The topological polar surface area (TPSA) is 52.3 Å². The first-order chi connectivity index (χ1) is 5.79. The van der Waals surface area contributed by atoms with Crippen LogP contribution in [0, 0.1) is 6.07 Å². The minimum Gasteiger partial charge on any atom is -0.367 e. The van der Waals surface area contributed by atoms with Gasteiger partial charge in [0.05, 0.1) is 6.61 Å². The number of fused-ring (bicyclic) bond motifs is 1. The standard InChI is InChI=1S/C9H8NO2/c10-9(11)8-7-4-2-1-3-6(7)5-12-8/h1-2,4,8H,5H2,(H2,10,11). The molecule has 3 heteroatoms. The van der Waals surface area contributed by atoms with E-state index in [0.717, 1.165) is 11.1 Å². The molecule has 1 amide bonds. The molecule has 1 radical (unpaired) electrons. The van der Waals surface area contributed by atoms with Gasteiger partial charge in [0.25, 0.3) is 5.91 Å². The zero-order valence-electron chi connectivity index (χ0n) is 6.41.